The van der Waals surface area contributed by atoms with Crippen molar-refractivity contribution < 1.29 is 9.21 Å². The Labute approximate surface area is 154 Å². The summed E-state index contributed by atoms with van der Waals surface area (Å²) in [5.41, 5.74) is 2.42. The first-order valence-electron chi connectivity index (χ1n) is 8.43. The molecule has 3 aromatic rings. The van der Waals surface area contributed by atoms with E-state index in [-0.39, 0.29) is 17.7 Å². The van der Waals surface area contributed by atoms with Crippen LogP contribution in [0.4, 0.5) is 5.95 Å². The number of benzene rings is 1. The average Bonchev–Trinajstić information content (AvgIpc) is 3.32. The summed E-state index contributed by atoms with van der Waals surface area (Å²) in [4.78, 5) is 17.4. The molecule has 1 aromatic carbocycles. The maximum atomic E-state index is 13.1. The molecule has 1 N–H and O–H groups in total. The number of nitrogens with zero attached hydrogens (tertiary/aromatic N) is 3. The van der Waals surface area contributed by atoms with Crippen LogP contribution in [0.2, 0.25) is 5.02 Å². The smallest absolute Gasteiger partial charge is 0.226 e. The summed E-state index contributed by atoms with van der Waals surface area (Å²) in [6.07, 6.45) is 4.21. The minimum Gasteiger partial charge on any atom is -0.469 e. The van der Waals surface area contributed by atoms with E-state index >= 15 is 0 Å². The van der Waals surface area contributed by atoms with Crippen LogP contribution in [0.25, 0.3) is 0 Å². The topological polar surface area (TPSA) is 73.0 Å². The van der Waals surface area contributed by atoms with Crippen molar-refractivity contribution in [3.8, 4) is 0 Å². The highest BCUT2D eigenvalue weighted by Gasteiger charge is 2.40. The SMILES string of the molecule is O=C1C[C@@H](c2ccco2)CC2=C1[C@@H](c1ccccc1Cl)n1ncnc1N2. The van der Waals surface area contributed by atoms with Crippen molar-refractivity contribution in [3.05, 3.63) is 76.6 Å². The molecule has 0 radical (unpaired) electrons. The van der Waals surface area contributed by atoms with Crippen LogP contribution in [0.15, 0.2) is 64.7 Å². The lowest BCUT2D eigenvalue weighted by Crippen LogP contribution is -2.33. The molecule has 1 aliphatic carbocycles. The van der Waals surface area contributed by atoms with Gasteiger partial charge in [0.25, 0.3) is 0 Å². The van der Waals surface area contributed by atoms with Gasteiger partial charge in [-0.05, 0) is 24.6 Å². The lowest BCUT2D eigenvalue weighted by Gasteiger charge is -2.34. The van der Waals surface area contributed by atoms with E-state index in [1.54, 1.807) is 10.9 Å². The van der Waals surface area contributed by atoms with Crippen molar-refractivity contribution in [1.29, 1.82) is 0 Å². The number of allylic oxidation sites excluding steroid dienone is 2. The minimum absolute atomic E-state index is 0.0186. The first kappa shape index (κ1) is 15.4. The van der Waals surface area contributed by atoms with Crippen LogP contribution < -0.4 is 5.32 Å². The van der Waals surface area contributed by atoms with E-state index in [1.165, 1.54) is 6.33 Å². The Morgan fingerprint density at radius 1 is 1.19 bits per heavy atom. The van der Waals surface area contributed by atoms with E-state index in [9.17, 15) is 4.79 Å². The highest BCUT2D eigenvalue weighted by Crippen LogP contribution is 2.44. The number of ketones is 1. The summed E-state index contributed by atoms with van der Waals surface area (Å²) in [6.45, 7) is 0. The molecule has 1 aliphatic heterocycles. The maximum absolute atomic E-state index is 13.1. The van der Waals surface area contributed by atoms with Crippen LogP contribution in [0.5, 0.6) is 0 Å². The van der Waals surface area contributed by atoms with Crippen LogP contribution in [0.3, 0.4) is 0 Å². The molecule has 130 valence electrons. The van der Waals surface area contributed by atoms with Gasteiger partial charge in [0.15, 0.2) is 5.78 Å². The summed E-state index contributed by atoms with van der Waals surface area (Å²) < 4.78 is 7.26. The minimum atomic E-state index is -0.373. The average molecular weight is 367 g/mol. The molecule has 3 heterocycles. The summed E-state index contributed by atoms with van der Waals surface area (Å²) in [5.74, 6) is 1.53. The van der Waals surface area contributed by atoms with Gasteiger partial charge < -0.3 is 9.73 Å². The normalized spacial score (nSPS) is 22.0. The predicted molar refractivity (Wildman–Crippen MR) is 96.0 cm³/mol. The van der Waals surface area contributed by atoms with E-state index < -0.39 is 0 Å². The van der Waals surface area contributed by atoms with Crippen LogP contribution in [-0.2, 0) is 4.79 Å². The first-order valence-corrected chi connectivity index (χ1v) is 8.81. The van der Waals surface area contributed by atoms with E-state index in [1.807, 2.05) is 36.4 Å². The number of anilines is 1. The molecule has 0 unspecified atom stereocenters. The van der Waals surface area contributed by atoms with Crippen molar-refractivity contribution in [2.45, 2.75) is 24.8 Å². The monoisotopic (exact) mass is 366 g/mol. The number of aromatic nitrogens is 3. The van der Waals surface area contributed by atoms with Crippen LogP contribution >= 0.6 is 11.6 Å². The van der Waals surface area contributed by atoms with E-state index in [0.29, 0.717) is 29.4 Å². The summed E-state index contributed by atoms with van der Waals surface area (Å²) >= 11 is 6.45. The Morgan fingerprint density at radius 2 is 2.08 bits per heavy atom. The van der Waals surface area contributed by atoms with Crippen molar-refractivity contribution in [2.24, 2.45) is 0 Å². The number of furan rings is 1. The van der Waals surface area contributed by atoms with Crippen LogP contribution in [0.1, 0.15) is 36.1 Å². The number of rotatable bonds is 2. The summed E-state index contributed by atoms with van der Waals surface area (Å²) in [5, 5.41) is 8.22. The second-order valence-corrected chi connectivity index (χ2v) is 6.92. The number of hydrogen-bond acceptors (Lipinski definition) is 5. The Bertz CT molecular complexity index is 1020. The Balaban J connectivity index is 1.65. The Hall–Kier alpha value is -2.86. The second kappa shape index (κ2) is 5.85. The van der Waals surface area contributed by atoms with Gasteiger partial charge in [0.2, 0.25) is 5.95 Å². The lowest BCUT2D eigenvalue weighted by atomic mass is 9.79. The molecular formula is C19H15ClN4O2. The number of nitrogens with one attached hydrogen (secondary N) is 1. The molecular weight excluding hydrogens is 352 g/mol. The largest absolute Gasteiger partial charge is 0.469 e. The quantitative estimate of drug-likeness (QED) is 0.743. The Kier molecular flexibility index (Phi) is 3.46. The van der Waals surface area contributed by atoms with Gasteiger partial charge in [0.05, 0.1) is 6.26 Å². The fourth-order valence-electron chi connectivity index (χ4n) is 3.86. The van der Waals surface area contributed by atoms with Crippen molar-refractivity contribution >= 4 is 23.3 Å². The van der Waals surface area contributed by atoms with Gasteiger partial charge in [-0.15, -0.1) is 0 Å². The third-order valence-corrected chi connectivity index (χ3v) is 5.35. The van der Waals surface area contributed by atoms with E-state index in [0.717, 1.165) is 17.0 Å². The third-order valence-electron chi connectivity index (χ3n) is 5.01. The second-order valence-electron chi connectivity index (χ2n) is 6.51. The van der Waals surface area contributed by atoms with Crippen molar-refractivity contribution in [2.75, 3.05) is 5.32 Å². The van der Waals surface area contributed by atoms with E-state index in [2.05, 4.69) is 15.4 Å². The molecule has 2 atom stereocenters. The Morgan fingerprint density at radius 3 is 2.88 bits per heavy atom. The highest BCUT2D eigenvalue weighted by atomic mass is 35.5. The molecule has 0 saturated heterocycles. The van der Waals surface area contributed by atoms with Gasteiger partial charge in [0, 0.05) is 34.2 Å². The molecule has 2 aromatic heterocycles. The molecule has 0 amide bonds. The zero-order valence-electron chi connectivity index (χ0n) is 13.7. The summed E-state index contributed by atoms with van der Waals surface area (Å²) in [7, 11) is 0. The molecule has 5 rings (SSSR count). The van der Waals surface area contributed by atoms with Crippen molar-refractivity contribution in [1.82, 2.24) is 14.8 Å². The van der Waals surface area contributed by atoms with Crippen LogP contribution in [-0.4, -0.2) is 20.5 Å². The number of carbonyl (C=O) groups is 1. The van der Waals surface area contributed by atoms with Gasteiger partial charge in [-0.3, -0.25) is 4.79 Å². The fraction of sp³-hybridized carbons (Fsp3) is 0.211. The molecule has 2 aliphatic rings. The number of carbonyl (C=O) groups excluding carboxylic acids is 1. The molecule has 7 heteroatoms. The molecule has 26 heavy (non-hydrogen) atoms. The molecule has 6 nitrogen and oxygen atoms in total. The molecule has 0 saturated carbocycles. The number of hydrogen-bond donors (Lipinski definition) is 1. The van der Waals surface area contributed by atoms with Gasteiger partial charge in [-0.1, -0.05) is 29.8 Å². The lowest BCUT2D eigenvalue weighted by molar-refractivity contribution is -0.117. The zero-order valence-corrected chi connectivity index (χ0v) is 14.5. The standard InChI is InChI=1S/C19H15ClN4O2/c20-13-5-2-1-4-12(13)18-17-14(23-19-21-10-22-24(18)19)8-11(9-15(17)25)16-6-3-7-26-16/h1-7,10-11,18H,8-9H2,(H,21,22,23)/t11-,18+/m0/s1. The maximum Gasteiger partial charge on any atom is 0.226 e. The number of fused-ring (bicyclic) bond motifs is 1. The van der Waals surface area contributed by atoms with Gasteiger partial charge in [0.1, 0.15) is 18.1 Å². The highest BCUT2D eigenvalue weighted by molar-refractivity contribution is 6.31. The van der Waals surface area contributed by atoms with Crippen molar-refractivity contribution in [3.63, 3.8) is 0 Å². The molecule has 0 spiro atoms. The van der Waals surface area contributed by atoms with Crippen LogP contribution in [0, 0.1) is 0 Å². The number of halogens is 1. The van der Waals surface area contributed by atoms with Gasteiger partial charge in [-0.25, -0.2) is 4.68 Å². The first-order chi connectivity index (χ1) is 12.7. The zero-order chi connectivity index (χ0) is 17.7. The van der Waals surface area contributed by atoms with Gasteiger partial charge >= 0.3 is 0 Å². The van der Waals surface area contributed by atoms with Gasteiger partial charge in [-0.2, -0.15) is 10.1 Å². The third kappa shape index (κ3) is 2.29. The molecule has 0 bridgehead atoms. The summed E-state index contributed by atoms with van der Waals surface area (Å²) in [6, 6.07) is 10.9. The predicted octanol–water partition coefficient (Wildman–Crippen LogP) is 3.94. The van der Waals surface area contributed by atoms with E-state index in [4.69, 9.17) is 16.0 Å². The molecule has 0 fully saturated rings. The number of Topliss-reactive ketones (excluding diaryl/α,β-unsaturated/α-hetero) is 1. The fourth-order valence-corrected chi connectivity index (χ4v) is 4.10.